The van der Waals surface area contributed by atoms with Crippen LogP contribution in [-0.2, 0) is 11.3 Å². The molecule has 0 aliphatic carbocycles. The molecule has 4 rings (SSSR count). The summed E-state index contributed by atoms with van der Waals surface area (Å²) in [7, 11) is 0. The van der Waals surface area contributed by atoms with Crippen molar-refractivity contribution in [1.29, 1.82) is 0 Å². The van der Waals surface area contributed by atoms with Crippen LogP contribution in [-0.4, -0.2) is 38.6 Å². The number of amides is 1. The van der Waals surface area contributed by atoms with Crippen molar-refractivity contribution < 1.29 is 9.53 Å². The molecule has 0 spiro atoms. The summed E-state index contributed by atoms with van der Waals surface area (Å²) in [6.07, 6.45) is 5.37. The number of aryl methyl sites for hydroxylation is 2. The van der Waals surface area contributed by atoms with Crippen LogP contribution in [0.15, 0.2) is 18.6 Å². The highest BCUT2D eigenvalue weighted by atomic mass is 32.1. The molecule has 4 heterocycles. The quantitative estimate of drug-likeness (QED) is 0.763. The van der Waals surface area contributed by atoms with E-state index in [1.807, 2.05) is 20.2 Å². The van der Waals surface area contributed by atoms with Crippen LogP contribution >= 0.6 is 11.3 Å². The maximum Gasteiger partial charge on any atom is 0.253 e. The molecule has 3 aromatic heterocycles. The van der Waals surface area contributed by atoms with Crippen molar-refractivity contribution in [3.8, 4) is 0 Å². The minimum absolute atomic E-state index is 0.148. The van der Waals surface area contributed by atoms with E-state index in [-0.39, 0.29) is 5.91 Å². The van der Waals surface area contributed by atoms with Crippen molar-refractivity contribution in [3.63, 3.8) is 0 Å². The van der Waals surface area contributed by atoms with E-state index in [1.165, 1.54) is 0 Å². The highest BCUT2D eigenvalue weighted by molar-refractivity contribution is 7.11. The fourth-order valence-corrected chi connectivity index (χ4v) is 4.15. The van der Waals surface area contributed by atoms with E-state index in [0.717, 1.165) is 52.8 Å². The number of imidazole rings is 1. The van der Waals surface area contributed by atoms with Crippen LogP contribution in [0.5, 0.6) is 0 Å². The number of rotatable bonds is 4. The van der Waals surface area contributed by atoms with Gasteiger partial charge < -0.3 is 14.6 Å². The minimum Gasteiger partial charge on any atom is -0.381 e. The number of thiazole rings is 1. The van der Waals surface area contributed by atoms with E-state index in [2.05, 4.69) is 24.8 Å². The molecule has 26 heavy (non-hydrogen) atoms. The van der Waals surface area contributed by atoms with Crippen LogP contribution in [0.25, 0.3) is 11.2 Å². The number of hydrogen-bond donors (Lipinski definition) is 1. The van der Waals surface area contributed by atoms with Gasteiger partial charge in [-0.2, -0.15) is 0 Å². The molecule has 8 heteroatoms. The summed E-state index contributed by atoms with van der Waals surface area (Å²) < 4.78 is 7.52. The second-order valence-electron chi connectivity index (χ2n) is 6.49. The molecule has 0 atom stereocenters. The molecule has 0 aromatic carbocycles. The molecule has 3 aromatic rings. The molecule has 1 aliphatic heterocycles. The Labute approximate surface area is 155 Å². The number of nitrogens with one attached hydrogen (secondary N) is 1. The van der Waals surface area contributed by atoms with Crippen LogP contribution in [0, 0.1) is 13.8 Å². The van der Waals surface area contributed by atoms with Gasteiger partial charge in [-0.05, 0) is 32.8 Å². The number of nitrogens with zero attached hydrogens (tertiary/aromatic N) is 4. The first-order chi connectivity index (χ1) is 12.6. The lowest BCUT2D eigenvalue weighted by atomic mass is 10.1. The average molecular weight is 371 g/mol. The Balaban J connectivity index is 1.50. The number of fused-ring (bicyclic) bond motifs is 1. The lowest BCUT2D eigenvalue weighted by Gasteiger charge is -2.23. The fourth-order valence-electron chi connectivity index (χ4n) is 3.27. The van der Waals surface area contributed by atoms with Crippen molar-refractivity contribution in [2.24, 2.45) is 0 Å². The predicted molar refractivity (Wildman–Crippen MR) is 99.4 cm³/mol. The van der Waals surface area contributed by atoms with Crippen LogP contribution in [0.3, 0.4) is 0 Å². The monoisotopic (exact) mass is 371 g/mol. The number of pyridine rings is 1. The Morgan fingerprint density at radius 1 is 1.35 bits per heavy atom. The molecule has 136 valence electrons. The molecule has 1 N–H and O–H groups in total. The van der Waals surface area contributed by atoms with Gasteiger partial charge in [-0.15, -0.1) is 11.3 Å². The summed E-state index contributed by atoms with van der Waals surface area (Å²) in [4.78, 5) is 26.9. The number of carbonyl (C=O) groups excluding carboxylic acids is 1. The molecule has 1 amide bonds. The maximum atomic E-state index is 12.5. The molecule has 0 unspecified atom stereocenters. The van der Waals surface area contributed by atoms with Gasteiger partial charge in [0.25, 0.3) is 5.91 Å². The highest BCUT2D eigenvalue weighted by Crippen LogP contribution is 2.25. The van der Waals surface area contributed by atoms with Gasteiger partial charge in [-0.1, -0.05) is 0 Å². The van der Waals surface area contributed by atoms with Crippen LogP contribution in [0.4, 0.5) is 0 Å². The molecule has 1 aliphatic rings. The van der Waals surface area contributed by atoms with Gasteiger partial charge in [0.1, 0.15) is 5.52 Å². The first kappa shape index (κ1) is 17.1. The van der Waals surface area contributed by atoms with E-state index in [0.29, 0.717) is 18.2 Å². The van der Waals surface area contributed by atoms with E-state index in [9.17, 15) is 4.79 Å². The fraction of sp³-hybridized carbons (Fsp3) is 0.444. The number of hydrogen-bond acceptors (Lipinski definition) is 6. The summed E-state index contributed by atoms with van der Waals surface area (Å²) in [5.41, 5.74) is 3.06. The largest absolute Gasteiger partial charge is 0.381 e. The Hall–Kier alpha value is -2.32. The average Bonchev–Trinajstić information content (AvgIpc) is 3.22. The molecule has 7 nitrogen and oxygen atoms in total. The Bertz CT molecular complexity index is 942. The summed E-state index contributed by atoms with van der Waals surface area (Å²) in [6, 6.07) is 2.16. The predicted octanol–water partition coefficient (Wildman–Crippen LogP) is 2.79. The number of aromatic nitrogens is 4. The van der Waals surface area contributed by atoms with Gasteiger partial charge >= 0.3 is 0 Å². The minimum atomic E-state index is -0.148. The van der Waals surface area contributed by atoms with Crippen LogP contribution in [0.2, 0.25) is 0 Å². The van der Waals surface area contributed by atoms with E-state index < -0.39 is 0 Å². The summed E-state index contributed by atoms with van der Waals surface area (Å²) in [5, 5.41) is 3.95. The third-order valence-electron chi connectivity index (χ3n) is 4.67. The first-order valence-corrected chi connectivity index (χ1v) is 9.55. The van der Waals surface area contributed by atoms with Crippen molar-refractivity contribution in [3.05, 3.63) is 39.7 Å². The molecule has 0 radical (unpaired) electrons. The molecule has 0 saturated carbocycles. The smallest absolute Gasteiger partial charge is 0.253 e. The lowest BCUT2D eigenvalue weighted by molar-refractivity contribution is 0.0704. The Morgan fingerprint density at radius 2 is 2.15 bits per heavy atom. The van der Waals surface area contributed by atoms with Gasteiger partial charge in [0.2, 0.25) is 0 Å². The van der Waals surface area contributed by atoms with E-state index in [1.54, 1.807) is 23.6 Å². The normalized spacial score (nSPS) is 15.5. The zero-order valence-corrected chi connectivity index (χ0v) is 15.7. The van der Waals surface area contributed by atoms with Gasteiger partial charge in [0.15, 0.2) is 5.65 Å². The second-order valence-corrected chi connectivity index (χ2v) is 7.77. The Morgan fingerprint density at radius 3 is 2.88 bits per heavy atom. The standard InChI is InChI=1S/C18H21N5O2S/c1-11-16(26-12(2)22-11)9-20-18(24)13-7-15-17(19-8-13)23(10-21-15)14-3-5-25-6-4-14/h7-8,10,14H,3-6,9H2,1-2H3,(H,20,24). The number of carbonyl (C=O) groups is 1. The maximum absolute atomic E-state index is 12.5. The van der Waals surface area contributed by atoms with Crippen molar-refractivity contribution >= 4 is 28.4 Å². The summed E-state index contributed by atoms with van der Waals surface area (Å²) >= 11 is 1.61. The first-order valence-electron chi connectivity index (χ1n) is 8.73. The third kappa shape index (κ3) is 3.34. The van der Waals surface area contributed by atoms with Crippen LogP contribution in [0.1, 0.15) is 44.8 Å². The van der Waals surface area contributed by atoms with Crippen molar-refractivity contribution in [2.45, 2.75) is 39.3 Å². The SMILES string of the molecule is Cc1nc(C)c(CNC(=O)c2cnc3c(c2)ncn3C2CCOCC2)s1. The van der Waals surface area contributed by atoms with Gasteiger partial charge in [-0.25, -0.2) is 15.0 Å². The van der Waals surface area contributed by atoms with Crippen molar-refractivity contribution in [2.75, 3.05) is 13.2 Å². The van der Waals surface area contributed by atoms with Gasteiger partial charge in [-0.3, -0.25) is 4.79 Å². The Kier molecular flexibility index (Phi) is 4.69. The van der Waals surface area contributed by atoms with E-state index >= 15 is 0 Å². The second kappa shape index (κ2) is 7.13. The molecule has 1 fully saturated rings. The van der Waals surface area contributed by atoms with Gasteiger partial charge in [0.05, 0.1) is 29.1 Å². The summed E-state index contributed by atoms with van der Waals surface area (Å²) in [6.45, 7) is 5.93. The topological polar surface area (TPSA) is 81.9 Å². The molecular weight excluding hydrogens is 350 g/mol. The number of ether oxygens (including phenoxy) is 1. The zero-order chi connectivity index (χ0) is 18.1. The molecule has 0 bridgehead atoms. The summed E-state index contributed by atoms with van der Waals surface area (Å²) in [5.74, 6) is -0.148. The van der Waals surface area contributed by atoms with Crippen molar-refractivity contribution in [1.82, 2.24) is 24.8 Å². The molecule has 1 saturated heterocycles. The highest BCUT2D eigenvalue weighted by Gasteiger charge is 2.19. The van der Waals surface area contributed by atoms with Gasteiger partial charge in [0, 0.05) is 30.3 Å². The zero-order valence-electron chi connectivity index (χ0n) is 14.9. The van der Waals surface area contributed by atoms with Crippen LogP contribution < -0.4 is 5.32 Å². The lowest BCUT2D eigenvalue weighted by Crippen LogP contribution is -2.23. The van der Waals surface area contributed by atoms with E-state index in [4.69, 9.17) is 4.74 Å². The third-order valence-corrected chi connectivity index (χ3v) is 5.74. The molecular formula is C18H21N5O2S.